The highest BCUT2D eigenvalue weighted by molar-refractivity contribution is 7.14. The molecule has 4 rings (SSSR count). The van der Waals surface area contributed by atoms with Crippen LogP contribution in [0.25, 0.3) is 11.3 Å². The van der Waals surface area contributed by atoms with Gasteiger partial charge in [0.25, 0.3) is 0 Å². The first kappa shape index (κ1) is 18.1. The maximum absolute atomic E-state index is 13.0. The van der Waals surface area contributed by atoms with E-state index in [2.05, 4.69) is 9.97 Å². The van der Waals surface area contributed by atoms with E-state index in [0.29, 0.717) is 23.2 Å². The van der Waals surface area contributed by atoms with Crippen molar-refractivity contribution in [1.29, 1.82) is 0 Å². The molecule has 0 aliphatic carbocycles. The van der Waals surface area contributed by atoms with E-state index in [1.807, 2.05) is 73.0 Å². The highest BCUT2D eigenvalue weighted by atomic mass is 32.1. The molecule has 0 unspecified atom stereocenters. The predicted octanol–water partition coefficient (Wildman–Crippen LogP) is 5.40. The minimum Gasteiger partial charge on any atom is -0.441 e. The van der Waals surface area contributed by atoms with Gasteiger partial charge < -0.3 is 4.42 Å². The highest BCUT2D eigenvalue weighted by Crippen LogP contribution is 2.29. The van der Waals surface area contributed by atoms with Crippen molar-refractivity contribution in [1.82, 2.24) is 9.97 Å². The normalized spacial score (nSPS) is 10.8. The van der Waals surface area contributed by atoms with Gasteiger partial charge in [0, 0.05) is 23.8 Å². The fourth-order valence-electron chi connectivity index (χ4n) is 2.87. The van der Waals surface area contributed by atoms with E-state index in [4.69, 9.17) is 4.42 Å². The molecule has 0 saturated carbocycles. The number of hydrogen-bond donors (Lipinski definition) is 0. The molecule has 0 bridgehead atoms. The minimum absolute atomic E-state index is 0.0417. The van der Waals surface area contributed by atoms with Crippen LogP contribution in [0.1, 0.15) is 18.0 Å². The zero-order valence-corrected chi connectivity index (χ0v) is 16.2. The van der Waals surface area contributed by atoms with Crippen LogP contribution in [0.4, 0.5) is 10.8 Å². The summed E-state index contributed by atoms with van der Waals surface area (Å²) in [7, 11) is 0. The van der Waals surface area contributed by atoms with E-state index < -0.39 is 0 Å². The first-order chi connectivity index (χ1) is 13.7. The van der Waals surface area contributed by atoms with Crippen molar-refractivity contribution >= 4 is 28.1 Å². The molecule has 28 heavy (non-hydrogen) atoms. The molecule has 4 aromatic rings. The average molecular weight is 389 g/mol. The van der Waals surface area contributed by atoms with E-state index in [1.165, 1.54) is 11.3 Å². The zero-order valence-electron chi connectivity index (χ0n) is 15.4. The number of hydrogen-bond acceptors (Lipinski definition) is 5. The Hall–Kier alpha value is -3.25. The molecule has 0 fully saturated rings. The summed E-state index contributed by atoms with van der Waals surface area (Å²) in [5.41, 5.74) is 2.67. The third kappa shape index (κ3) is 4.02. The number of benzene rings is 2. The molecule has 0 spiro atoms. The lowest BCUT2D eigenvalue weighted by molar-refractivity contribution is -0.117. The van der Waals surface area contributed by atoms with E-state index >= 15 is 0 Å². The van der Waals surface area contributed by atoms with Gasteiger partial charge in [-0.2, -0.15) is 0 Å². The van der Waals surface area contributed by atoms with Crippen LogP contribution < -0.4 is 4.90 Å². The fourth-order valence-corrected chi connectivity index (χ4v) is 3.71. The van der Waals surface area contributed by atoms with Crippen LogP contribution in [0.5, 0.6) is 0 Å². The quantitative estimate of drug-likeness (QED) is 0.443. The maximum Gasteiger partial charge on any atom is 0.233 e. The van der Waals surface area contributed by atoms with Crippen molar-refractivity contribution in [2.24, 2.45) is 0 Å². The average Bonchev–Trinajstić information content (AvgIpc) is 3.37. The molecule has 2 aromatic carbocycles. The van der Waals surface area contributed by atoms with Gasteiger partial charge in [-0.15, -0.1) is 11.3 Å². The van der Waals surface area contributed by atoms with Crippen molar-refractivity contribution in [3.63, 3.8) is 0 Å². The number of nitrogens with zero attached hydrogens (tertiary/aromatic N) is 3. The first-order valence-corrected chi connectivity index (χ1v) is 9.89. The van der Waals surface area contributed by atoms with Crippen molar-refractivity contribution in [2.45, 2.75) is 19.8 Å². The highest BCUT2D eigenvalue weighted by Gasteiger charge is 2.21. The van der Waals surface area contributed by atoms with Crippen LogP contribution in [0.3, 0.4) is 0 Å². The summed E-state index contributed by atoms with van der Waals surface area (Å²) in [4.78, 5) is 23.5. The molecule has 1 amide bonds. The number of oxazole rings is 1. The molecule has 0 aliphatic rings. The Morgan fingerprint density at radius 2 is 1.79 bits per heavy atom. The first-order valence-electron chi connectivity index (χ1n) is 9.01. The second-order valence-corrected chi connectivity index (χ2v) is 7.16. The SMILES string of the molecule is Cc1csc(N(C(=O)CCc2ncc(-c3ccccc3)o2)c2ccccc2)n1. The predicted molar refractivity (Wildman–Crippen MR) is 111 cm³/mol. The van der Waals surface area contributed by atoms with Crippen molar-refractivity contribution < 1.29 is 9.21 Å². The number of carbonyl (C=O) groups excluding carboxylic acids is 1. The number of amides is 1. The molecule has 6 heteroatoms. The Labute approximate surface area is 167 Å². The Morgan fingerprint density at radius 1 is 1.07 bits per heavy atom. The van der Waals surface area contributed by atoms with Gasteiger partial charge in [0.1, 0.15) is 0 Å². The molecule has 0 N–H and O–H groups in total. The number of carbonyl (C=O) groups is 1. The number of para-hydroxylation sites is 1. The fraction of sp³-hybridized carbons (Fsp3) is 0.136. The molecule has 0 radical (unpaired) electrons. The summed E-state index contributed by atoms with van der Waals surface area (Å²) in [6.45, 7) is 1.92. The number of rotatable bonds is 6. The number of thiazole rings is 1. The molecule has 5 nitrogen and oxygen atoms in total. The Morgan fingerprint density at radius 3 is 2.46 bits per heavy atom. The minimum atomic E-state index is -0.0417. The second-order valence-electron chi connectivity index (χ2n) is 6.32. The van der Waals surface area contributed by atoms with Crippen LogP contribution in [-0.4, -0.2) is 15.9 Å². The Balaban J connectivity index is 1.50. The molecule has 140 valence electrons. The van der Waals surface area contributed by atoms with Crippen molar-refractivity contribution in [2.75, 3.05) is 4.90 Å². The van der Waals surface area contributed by atoms with E-state index in [-0.39, 0.29) is 12.3 Å². The summed E-state index contributed by atoms with van der Waals surface area (Å²) < 4.78 is 5.82. The number of aromatic nitrogens is 2. The van der Waals surface area contributed by atoms with Crippen LogP contribution in [0, 0.1) is 6.92 Å². The molecular weight excluding hydrogens is 370 g/mol. The van der Waals surface area contributed by atoms with Crippen LogP contribution in [0.15, 0.2) is 76.7 Å². The van der Waals surface area contributed by atoms with Gasteiger partial charge in [-0.05, 0) is 19.1 Å². The monoisotopic (exact) mass is 389 g/mol. The Bertz CT molecular complexity index is 1060. The van der Waals surface area contributed by atoms with E-state index in [0.717, 1.165) is 16.9 Å². The van der Waals surface area contributed by atoms with E-state index in [9.17, 15) is 4.79 Å². The lowest BCUT2D eigenvalue weighted by atomic mass is 10.2. The van der Waals surface area contributed by atoms with Gasteiger partial charge in [-0.25, -0.2) is 9.97 Å². The largest absolute Gasteiger partial charge is 0.441 e. The number of aryl methyl sites for hydroxylation is 2. The third-order valence-corrected chi connectivity index (χ3v) is 5.17. The summed E-state index contributed by atoms with van der Waals surface area (Å²) >= 11 is 1.46. The summed E-state index contributed by atoms with van der Waals surface area (Å²) in [6, 6.07) is 19.4. The second kappa shape index (κ2) is 8.19. The van der Waals surface area contributed by atoms with Crippen LogP contribution in [-0.2, 0) is 11.2 Å². The molecular formula is C22H19N3O2S. The van der Waals surface area contributed by atoms with Gasteiger partial charge in [-0.1, -0.05) is 48.5 Å². The molecule has 0 aliphatic heterocycles. The number of anilines is 2. The van der Waals surface area contributed by atoms with Gasteiger partial charge in [0.05, 0.1) is 17.6 Å². The molecule has 0 saturated heterocycles. The lowest BCUT2D eigenvalue weighted by Crippen LogP contribution is -2.26. The lowest BCUT2D eigenvalue weighted by Gasteiger charge is -2.19. The van der Waals surface area contributed by atoms with Gasteiger partial charge in [0.2, 0.25) is 5.91 Å². The van der Waals surface area contributed by atoms with Crippen molar-refractivity contribution in [3.05, 3.63) is 83.8 Å². The molecule has 2 heterocycles. The van der Waals surface area contributed by atoms with Crippen LogP contribution in [0.2, 0.25) is 0 Å². The molecule has 2 aromatic heterocycles. The summed E-state index contributed by atoms with van der Waals surface area (Å²) in [5, 5.41) is 2.62. The van der Waals surface area contributed by atoms with E-state index in [1.54, 1.807) is 11.1 Å². The zero-order chi connectivity index (χ0) is 19.3. The van der Waals surface area contributed by atoms with Gasteiger partial charge >= 0.3 is 0 Å². The summed E-state index contributed by atoms with van der Waals surface area (Å²) in [6.07, 6.45) is 2.41. The van der Waals surface area contributed by atoms with Gasteiger partial charge in [0.15, 0.2) is 16.8 Å². The topological polar surface area (TPSA) is 59.2 Å². The van der Waals surface area contributed by atoms with Gasteiger partial charge in [-0.3, -0.25) is 9.69 Å². The van der Waals surface area contributed by atoms with Crippen molar-refractivity contribution in [3.8, 4) is 11.3 Å². The standard InChI is InChI=1S/C22H19N3O2S/c1-16-15-28-22(24-16)25(18-10-6-3-7-11-18)21(26)13-12-20-23-14-19(27-20)17-8-4-2-5-9-17/h2-11,14-15H,12-13H2,1H3. The smallest absolute Gasteiger partial charge is 0.233 e. The summed E-state index contributed by atoms with van der Waals surface area (Å²) in [5.74, 6) is 1.22. The van der Waals surface area contributed by atoms with Crippen LogP contribution >= 0.6 is 11.3 Å². The molecule has 0 atom stereocenters. The third-order valence-electron chi connectivity index (χ3n) is 4.23. The maximum atomic E-state index is 13.0. The Kier molecular flexibility index (Phi) is 5.30.